The summed E-state index contributed by atoms with van der Waals surface area (Å²) in [4.78, 5) is 10.1. The molecule has 0 bridgehead atoms. The van der Waals surface area contributed by atoms with E-state index in [1.165, 1.54) is 12.1 Å². The van der Waals surface area contributed by atoms with E-state index >= 15 is 0 Å². The molecule has 1 saturated heterocycles. The number of benzene rings is 2. The zero-order chi connectivity index (χ0) is 23.6. The van der Waals surface area contributed by atoms with Crippen LogP contribution in [0.4, 0.5) is 24.7 Å². The van der Waals surface area contributed by atoms with Gasteiger partial charge in [-0.05, 0) is 36.4 Å². The highest BCUT2D eigenvalue weighted by atomic mass is 32.2. The first-order chi connectivity index (χ1) is 15.6. The fraction of sp³-hybridized carbons (Fsp3) is 0.273. The Labute approximate surface area is 189 Å². The lowest BCUT2D eigenvalue weighted by molar-refractivity contribution is -0.139. The summed E-state index contributed by atoms with van der Waals surface area (Å²) in [6, 6.07) is 12.4. The van der Waals surface area contributed by atoms with Gasteiger partial charge in [-0.3, -0.25) is 0 Å². The standard InChI is InChI=1S/C22H21F3N4O3S/c23-22(24,25)18-3-1-2-4-19(18)33(30,31)14-17-13-20(29-9-11-32-12-10-29)28-21(27-17)15-5-7-16(26)8-6-15/h1-8,13H,9-12,14,26H2. The summed E-state index contributed by atoms with van der Waals surface area (Å²) >= 11 is 0. The minimum Gasteiger partial charge on any atom is -0.399 e. The van der Waals surface area contributed by atoms with Crippen LogP contribution in [0.25, 0.3) is 11.4 Å². The number of rotatable bonds is 5. The maximum atomic E-state index is 13.4. The first-order valence-corrected chi connectivity index (χ1v) is 11.7. The predicted molar refractivity (Wildman–Crippen MR) is 117 cm³/mol. The topological polar surface area (TPSA) is 98.4 Å². The molecule has 1 aliphatic heterocycles. The molecule has 0 aliphatic carbocycles. The van der Waals surface area contributed by atoms with Gasteiger partial charge in [0.25, 0.3) is 0 Å². The molecule has 0 atom stereocenters. The molecule has 1 fully saturated rings. The van der Waals surface area contributed by atoms with E-state index in [4.69, 9.17) is 10.5 Å². The second-order valence-electron chi connectivity index (χ2n) is 7.52. The average molecular weight is 478 g/mol. The molecule has 2 N–H and O–H groups in total. The van der Waals surface area contributed by atoms with Gasteiger partial charge in [0.05, 0.1) is 35.1 Å². The van der Waals surface area contributed by atoms with Crippen LogP contribution in [0.5, 0.6) is 0 Å². The summed E-state index contributed by atoms with van der Waals surface area (Å²) in [7, 11) is -4.35. The molecule has 2 heterocycles. The number of sulfone groups is 1. The lowest BCUT2D eigenvalue weighted by atomic mass is 10.2. The Bertz CT molecular complexity index is 1240. The highest BCUT2D eigenvalue weighted by Crippen LogP contribution is 2.35. The number of aromatic nitrogens is 2. The lowest BCUT2D eigenvalue weighted by Gasteiger charge is -2.28. The predicted octanol–water partition coefficient (Wildman–Crippen LogP) is 3.56. The van der Waals surface area contributed by atoms with Gasteiger partial charge < -0.3 is 15.4 Å². The Morgan fingerprint density at radius 3 is 2.33 bits per heavy atom. The Morgan fingerprint density at radius 2 is 1.67 bits per heavy atom. The highest BCUT2D eigenvalue weighted by molar-refractivity contribution is 7.90. The van der Waals surface area contributed by atoms with Gasteiger partial charge >= 0.3 is 6.18 Å². The fourth-order valence-electron chi connectivity index (χ4n) is 3.52. The monoisotopic (exact) mass is 478 g/mol. The van der Waals surface area contributed by atoms with Gasteiger partial charge in [-0.1, -0.05) is 12.1 Å². The number of morpholine rings is 1. The molecule has 174 valence electrons. The summed E-state index contributed by atoms with van der Waals surface area (Å²) in [6.45, 7) is 2.05. The molecular formula is C22H21F3N4O3S. The Kier molecular flexibility index (Phi) is 6.26. The summed E-state index contributed by atoms with van der Waals surface area (Å²) in [6.07, 6.45) is -4.80. The van der Waals surface area contributed by atoms with Crippen LogP contribution in [0.1, 0.15) is 11.3 Å². The minimum atomic E-state index is -4.80. The van der Waals surface area contributed by atoms with Gasteiger partial charge in [0.15, 0.2) is 15.7 Å². The summed E-state index contributed by atoms with van der Waals surface area (Å²) in [5.74, 6) is 0.0322. The molecular weight excluding hydrogens is 457 g/mol. The number of alkyl halides is 3. The van der Waals surface area contributed by atoms with Crippen molar-refractivity contribution >= 4 is 21.3 Å². The molecule has 7 nitrogen and oxygen atoms in total. The number of ether oxygens (including phenoxy) is 1. The molecule has 4 rings (SSSR count). The minimum absolute atomic E-state index is 0.0929. The van der Waals surface area contributed by atoms with E-state index in [0.29, 0.717) is 43.4 Å². The molecule has 0 saturated carbocycles. The van der Waals surface area contributed by atoms with Crippen LogP contribution in [0.2, 0.25) is 0 Å². The van der Waals surface area contributed by atoms with Crippen molar-refractivity contribution < 1.29 is 26.3 Å². The van der Waals surface area contributed by atoms with Crippen molar-refractivity contribution in [1.82, 2.24) is 9.97 Å². The van der Waals surface area contributed by atoms with Crippen LogP contribution in [0.15, 0.2) is 59.5 Å². The van der Waals surface area contributed by atoms with E-state index < -0.39 is 32.2 Å². The van der Waals surface area contributed by atoms with Crippen molar-refractivity contribution in [3.05, 3.63) is 65.9 Å². The van der Waals surface area contributed by atoms with Crippen molar-refractivity contribution in [2.75, 3.05) is 36.9 Å². The number of nitrogen functional groups attached to an aromatic ring is 1. The van der Waals surface area contributed by atoms with Crippen LogP contribution in [-0.2, 0) is 26.5 Å². The largest absolute Gasteiger partial charge is 0.417 e. The third-order valence-electron chi connectivity index (χ3n) is 5.14. The molecule has 33 heavy (non-hydrogen) atoms. The van der Waals surface area contributed by atoms with Crippen LogP contribution in [0.3, 0.4) is 0 Å². The maximum absolute atomic E-state index is 13.4. The second kappa shape index (κ2) is 8.99. The number of halogens is 3. The Morgan fingerprint density at radius 1 is 1.00 bits per heavy atom. The fourth-order valence-corrected chi connectivity index (χ4v) is 5.01. The number of nitrogens with zero attached hydrogens (tertiary/aromatic N) is 3. The molecule has 1 aliphatic rings. The molecule has 3 aromatic rings. The molecule has 11 heteroatoms. The van der Waals surface area contributed by atoms with Crippen molar-refractivity contribution in [1.29, 1.82) is 0 Å². The summed E-state index contributed by atoms with van der Waals surface area (Å²) < 4.78 is 71.7. The maximum Gasteiger partial charge on any atom is 0.417 e. The first-order valence-electron chi connectivity index (χ1n) is 10.1. The zero-order valence-corrected chi connectivity index (χ0v) is 18.2. The van der Waals surface area contributed by atoms with E-state index in [2.05, 4.69) is 9.97 Å². The van der Waals surface area contributed by atoms with E-state index in [9.17, 15) is 21.6 Å². The van der Waals surface area contributed by atoms with Gasteiger partial charge in [0.1, 0.15) is 5.82 Å². The number of nitrogens with two attached hydrogens (primary N) is 1. The lowest BCUT2D eigenvalue weighted by Crippen LogP contribution is -2.37. The van der Waals surface area contributed by atoms with Gasteiger partial charge in [-0.2, -0.15) is 13.2 Å². The molecule has 0 unspecified atom stereocenters. The van der Waals surface area contributed by atoms with Gasteiger partial charge in [-0.15, -0.1) is 0 Å². The van der Waals surface area contributed by atoms with Crippen molar-refractivity contribution in [3.63, 3.8) is 0 Å². The van der Waals surface area contributed by atoms with E-state index in [1.807, 2.05) is 4.90 Å². The smallest absolute Gasteiger partial charge is 0.399 e. The Balaban J connectivity index is 1.77. The Hall–Kier alpha value is -3.18. The number of hydrogen-bond donors (Lipinski definition) is 1. The third kappa shape index (κ3) is 5.25. The van der Waals surface area contributed by atoms with Crippen molar-refractivity contribution in [3.8, 4) is 11.4 Å². The van der Waals surface area contributed by atoms with Gasteiger partial charge in [-0.25, -0.2) is 18.4 Å². The first kappa shape index (κ1) is 23.0. The zero-order valence-electron chi connectivity index (χ0n) is 17.4. The van der Waals surface area contributed by atoms with Gasteiger partial charge in [0, 0.05) is 30.4 Å². The van der Waals surface area contributed by atoms with Gasteiger partial charge in [0.2, 0.25) is 0 Å². The summed E-state index contributed by atoms with van der Waals surface area (Å²) in [5, 5.41) is 0. The van der Waals surface area contributed by atoms with Crippen LogP contribution in [-0.4, -0.2) is 44.7 Å². The normalized spacial score (nSPS) is 14.9. The number of hydrogen-bond acceptors (Lipinski definition) is 7. The van der Waals surface area contributed by atoms with Crippen molar-refractivity contribution in [2.45, 2.75) is 16.8 Å². The SMILES string of the molecule is Nc1ccc(-c2nc(CS(=O)(=O)c3ccccc3C(F)(F)F)cc(N3CCOCC3)n2)cc1. The quantitative estimate of drug-likeness (QED) is 0.560. The third-order valence-corrected chi connectivity index (χ3v) is 6.84. The molecule has 0 spiro atoms. The highest BCUT2D eigenvalue weighted by Gasteiger charge is 2.37. The van der Waals surface area contributed by atoms with Crippen molar-refractivity contribution in [2.24, 2.45) is 0 Å². The van der Waals surface area contributed by atoms with E-state index in [-0.39, 0.29) is 11.5 Å². The van der Waals surface area contributed by atoms with Crippen LogP contribution >= 0.6 is 0 Å². The van der Waals surface area contributed by atoms with E-state index in [0.717, 1.165) is 18.2 Å². The molecule has 2 aromatic carbocycles. The molecule has 0 radical (unpaired) electrons. The molecule has 0 amide bonds. The van der Waals surface area contributed by atoms with Crippen LogP contribution in [0, 0.1) is 0 Å². The van der Waals surface area contributed by atoms with E-state index in [1.54, 1.807) is 24.3 Å². The second-order valence-corrected chi connectivity index (χ2v) is 9.47. The average Bonchev–Trinajstić information content (AvgIpc) is 2.79. The summed E-state index contributed by atoms with van der Waals surface area (Å²) in [5.41, 5.74) is 5.78. The number of anilines is 2. The van der Waals surface area contributed by atoms with Crippen LogP contribution < -0.4 is 10.6 Å². The molecule has 1 aromatic heterocycles.